The van der Waals surface area contributed by atoms with Gasteiger partial charge in [0.15, 0.2) is 0 Å². The Morgan fingerprint density at radius 1 is 0.917 bits per heavy atom. The van der Waals surface area contributed by atoms with Crippen LogP contribution in [-0.4, -0.2) is 5.11 Å². The van der Waals surface area contributed by atoms with Gasteiger partial charge in [0.1, 0.15) is 19.3 Å². The van der Waals surface area contributed by atoms with Crippen LogP contribution in [0.5, 0.6) is 11.5 Å². The second-order valence-corrected chi connectivity index (χ2v) is 6.35. The molecule has 5 nitrogen and oxygen atoms in total. The van der Waals surface area contributed by atoms with Gasteiger partial charge >= 0.3 is 0 Å². The van der Waals surface area contributed by atoms with Gasteiger partial charge in [0.25, 0.3) is 0 Å². The summed E-state index contributed by atoms with van der Waals surface area (Å²) in [7, 11) is -5.05. The predicted octanol–water partition coefficient (Wildman–Crippen LogP) is 3.33. The summed E-state index contributed by atoms with van der Waals surface area (Å²) in [6.07, 6.45) is 1.59. The normalized spacial score (nSPS) is 12.7. The first kappa shape index (κ1) is 18.3. The van der Waals surface area contributed by atoms with Gasteiger partial charge in [-0.25, -0.2) is 0 Å². The van der Waals surface area contributed by atoms with Crippen molar-refractivity contribution in [3.63, 3.8) is 0 Å². The summed E-state index contributed by atoms with van der Waals surface area (Å²) in [5.41, 5.74) is 4.21. The molecular weight excluding hydrogens is 327 g/mol. The number of phenols is 1. The Balaban J connectivity index is 2.41. The lowest BCUT2D eigenvalue weighted by molar-refractivity contribution is -0.333. The van der Waals surface area contributed by atoms with Crippen LogP contribution in [0.4, 0.5) is 0 Å². The monoisotopic (exact) mass is 346 g/mol. The maximum Gasteiger partial charge on any atom is 0.124 e. The van der Waals surface area contributed by atoms with E-state index in [-0.39, 0.29) is 11.5 Å². The topological polar surface area (TPSA) is 92.7 Å². The minimum absolute atomic E-state index is 0.00483. The number of aromatic hydroxyl groups is 1. The minimum Gasteiger partial charge on any atom is -0.780 e. The number of phenolic OH excluding ortho intramolecular Hbond substituents is 1. The third-order valence-corrected chi connectivity index (χ3v) is 4.14. The van der Waals surface area contributed by atoms with E-state index in [2.05, 4.69) is 11.4 Å². The first-order valence-corrected chi connectivity index (χ1v) is 9.13. The lowest BCUT2D eigenvalue weighted by Crippen LogP contribution is -2.18. The van der Waals surface area contributed by atoms with Crippen molar-refractivity contribution in [3.05, 3.63) is 59.7 Å². The Morgan fingerprint density at radius 3 is 1.71 bits per heavy atom. The van der Waals surface area contributed by atoms with E-state index in [1.54, 1.807) is 24.3 Å². The van der Waals surface area contributed by atoms with Crippen LogP contribution in [0.15, 0.2) is 48.5 Å². The fourth-order valence-corrected chi connectivity index (χ4v) is 3.07. The average Bonchev–Trinajstić information content (AvgIpc) is 2.53. The minimum atomic E-state index is -5.05. The summed E-state index contributed by atoms with van der Waals surface area (Å²) in [6, 6.07) is 13.4. The summed E-state index contributed by atoms with van der Waals surface area (Å²) in [6.45, 7) is 4.10. The second kappa shape index (κ2) is 7.67. The van der Waals surface area contributed by atoms with E-state index >= 15 is 0 Å². The first-order valence-electron chi connectivity index (χ1n) is 7.67. The standard InChI is InChI=1S/C18H21O5P/c1-3-17(13-5-9-15(19)10-6-13)18(4-2)14-7-11-16(12-8-14)23-24(20,21)22/h5-12,19H,3-4H2,1-2H3,(H2,20,21,22)/p-2/b18-17+. The molecule has 2 rings (SSSR count). The van der Waals surface area contributed by atoms with Gasteiger partial charge in [-0.15, -0.1) is 0 Å². The van der Waals surface area contributed by atoms with E-state index < -0.39 is 7.82 Å². The van der Waals surface area contributed by atoms with Crippen molar-refractivity contribution >= 4 is 19.0 Å². The van der Waals surface area contributed by atoms with E-state index in [0.29, 0.717) is 0 Å². The summed E-state index contributed by atoms with van der Waals surface area (Å²) in [5.74, 6) is 0.221. The molecule has 6 heteroatoms. The predicted molar refractivity (Wildman–Crippen MR) is 90.2 cm³/mol. The van der Waals surface area contributed by atoms with E-state index in [4.69, 9.17) is 0 Å². The Hall–Kier alpha value is -2.07. The number of phosphoric ester groups is 1. The zero-order chi connectivity index (χ0) is 17.7. The number of benzene rings is 2. The molecule has 0 unspecified atom stereocenters. The fraction of sp³-hybridized carbons (Fsp3) is 0.222. The number of allylic oxidation sites excluding steroid dienone is 2. The van der Waals surface area contributed by atoms with Crippen molar-refractivity contribution in [3.8, 4) is 11.5 Å². The molecule has 0 heterocycles. The van der Waals surface area contributed by atoms with Crippen LogP contribution in [0.25, 0.3) is 11.1 Å². The number of phosphoric acid groups is 1. The van der Waals surface area contributed by atoms with Gasteiger partial charge in [-0.2, -0.15) is 0 Å². The number of rotatable bonds is 6. The van der Waals surface area contributed by atoms with Crippen molar-refractivity contribution in [2.75, 3.05) is 0 Å². The molecule has 128 valence electrons. The Morgan fingerprint density at radius 2 is 1.33 bits per heavy atom. The molecule has 1 N–H and O–H groups in total. The summed E-state index contributed by atoms with van der Waals surface area (Å²) in [4.78, 5) is 21.3. The maximum atomic E-state index is 10.7. The molecule has 0 fully saturated rings. The molecular formula is C18H19O5P-2. The zero-order valence-electron chi connectivity index (χ0n) is 13.6. The van der Waals surface area contributed by atoms with E-state index in [1.807, 2.05) is 19.1 Å². The SMILES string of the molecule is CC/C(=C(/CC)c1ccc(OP(=O)([O-])[O-])cc1)c1ccc(O)cc1. The zero-order valence-corrected chi connectivity index (χ0v) is 14.5. The molecule has 0 amide bonds. The maximum absolute atomic E-state index is 10.7. The molecule has 0 atom stereocenters. The molecule has 0 saturated heterocycles. The Bertz CT molecular complexity index is 757. The highest BCUT2D eigenvalue weighted by Crippen LogP contribution is 2.34. The van der Waals surface area contributed by atoms with Crippen LogP contribution in [0.3, 0.4) is 0 Å². The third kappa shape index (κ3) is 4.71. The lowest BCUT2D eigenvalue weighted by Gasteiger charge is -2.29. The van der Waals surface area contributed by atoms with Crippen molar-refractivity contribution in [2.45, 2.75) is 26.7 Å². The highest BCUT2D eigenvalue weighted by molar-refractivity contribution is 7.43. The summed E-state index contributed by atoms with van der Waals surface area (Å²) < 4.78 is 15.0. The van der Waals surface area contributed by atoms with Gasteiger partial charge in [-0.3, -0.25) is 0 Å². The molecule has 0 bridgehead atoms. The second-order valence-electron chi connectivity index (χ2n) is 5.27. The van der Waals surface area contributed by atoms with E-state index in [1.165, 1.54) is 12.1 Å². The van der Waals surface area contributed by atoms with E-state index in [9.17, 15) is 19.5 Å². The first-order chi connectivity index (χ1) is 11.3. The summed E-state index contributed by atoms with van der Waals surface area (Å²) >= 11 is 0. The molecule has 0 aromatic heterocycles. The van der Waals surface area contributed by atoms with E-state index in [0.717, 1.165) is 35.1 Å². The highest BCUT2D eigenvalue weighted by atomic mass is 31.2. The van der Waals surface area contributed by atoms with Crippen LogP contribution in [0.1, 0.15) is 37.8 Å². The largest absolute Gasteiger partial charge is 0.780 e. The van der Waals surface area contributed by atoms with Gasteiger partial charge in [0.2, 0.25) is 0 Å². The van der Waals surface area contributed by atoms with Crippen molar-refractivity contribution in [2.24, 2.45) is 0 Å². The molecule has 0 radical (unpaired) electrons. The van der Waals surface area contributed by atoms with Gasteiger partial charge in [0.05, 0.1) is 0 Å². The molecule has 2 aromatic carbocycles. The molecule has 2 aromatic rings. The van der Waals surface area contributed by atoms with Crippen LogP contribution in [-0.2, 0) is 4.57 Å². The number of hydrogen-bond donors (Lipinski definition) is 1. The van der Waals surface area contributed by atoms with Gasteiger partial charge < -0.3 is 24.0 Å². The smallest absolute Gasteiger partial charge is 0.124 e. The fourth-order valence-electron chi connectivity index (χ4n) is 2.69. The molecule has 0 aliphatic heterocycles. The van der Waals surface area contributed by atoms with Crippen LogP contribution >= 0.6 is 7.82 Å². The highest BCUT2D eigenvalue weighted by Gasteiger charge is 2.09. The molecule has 0 aliphatic rings. The van der Waals surface area contributed by atoms with Gasteiger partial charge in [-0.1, -0.05) is 38.1 Å². The van der Waals surface area contributed by atoms with Crippen molar-refractivity contribution < 1.29 is 24.0 Å². The Kier molecular flexibility index (Phi) is 5.84. The van der Waals surface area contributed by atoms with Crippen LogP contribution < -0.4 is 14.3 Å². The Labute approximate surface area is 141 Å². The summed E-state index contributed by atoms with van der Waals surface area (Å²) in [5, 5.41) is 9.44. The quantitative estimate of drug-likeness (QED) is 0.640. The van der Waals surface area contributed by atoms with Crippen LogP contribution in [0, 0.1) is 0 Å². The number of hydrogen-bond acceptors (Lipinski definition) is 5. The molecule has 24 heavy (non-hydrogen) atoms. The van der Waals surface area contributed by atoms with Gasteiger partial charge in [0, 0.05) is 0 Å². The van der Waals surface area contributed by atoms with Crippen LogP contribution in [0.2, 0.25) is 0 Å². The average molecular weight is 346 g/mol. The molecule has 0 saturated carbocycles. The molecule has 0 spiro atoms. The van der Waals surface area contributed by atoms with Gasteiger partial charge in [-0.05, 0) is 59.4 Å². The third-order valence-electron chi connectivity index (χ3n) is 3.71. The van der Waals surface area contributed by atoms with Crippen molar-refractivity contribution in [1.82, 2.24) is 0 Å². The lowest BCUT2D eigenvalue weighted by atomic mass is 9.91. The molecule has 0 aliphatic carbocycles. The van der Waals surface area contributed by atoms with Crippen molar-refractivity contribution in [1.29, 1.82) is 0 Å².